The van der Waals surface area contributed by atoms with Crippen LogP contribution in [0.3, 0.4) is 0 Å². The molecule has 3 aromatic rings. The number of anilines is 1. The summed E-state index contributed by atoms with van der Waals surface area (Å²) in [5, 5.41) is 8.02. The lowest BCUT2D eigenvalue weighted by Crippen LogP contribution is -2.74. The Labute approximate surface area is 364 Å². The van der Waals surface area contributed by atoms with E-state index in [4.69, 9.17) is 20.6 Å². The molecular weight excluding hydrogens is 790 g/mol. The van der Waals surface area contributed by atoms with E-state index in [2.05, 4.69) is 73.2 Å². The first-order chi connectivity index (χ1) is 29.3. The van der Waals surface area contributed by atoms with Crippen molar-refractivity contribution in [2.75, 3.05) is 31.1 Å². The van der Waals surface area contributed by atoms with Crippen molar-refractivity contribution in [3.63, 3.8) is 0 Å². The lowest BCUT2D eigenvalue weighted by atomic mass is 9.49. The predicted molar refractivity (Wildman–Crippen MR) is 235 cm³/mol. The van der Waals surface area contributed by atoms with Gasteiger partial charge in [0.15, 0.2) is 0 Å². The van der Waals surface area contributed by atoms with Crippen molar-refractivity contribution < 1.29 is 37.8 Å². The van der Waals surface area contributed by atoms with Crippen molar-refractivity contribution in [3.8, 4) is 23.8 Å². The summed E-state index contributed by atoms with van der Waals surface area (Å²) in [4.78, 5) is 54.6. The summed E-state index contributed by atoms with van der Waals surface area (Å²) in [6.45, 7) is 19.7. The van der Waals surface area contributed by atoms with Gasteiger partial charge < -0.3 is 29.7 Å². The van der Waals surface area contributed by atoms with Crippen molar-refractivity contribution in [3.05, 3.63) is 88.2 Å². The number of aryl methyl sites for hydroxylation is 2. The molecule has 0 spiro atoms. The lowest BCUT2D eigenvalue weighted by Gasteiger charge is -2.63. The smallest absolute Gasteiger partial charge is 0.254 e. The van der Waals surface area contributed by atoms with Gasteiger partial charge in [-0.15, -0.1) is 6.42 Å². The number of amides is 4. The number of halogens is 1. The average molecular weight is 850 g/mol. The van der Waals surface area contributed by atoms with Crippen molar-refractivity contribution in [2.24, 2.45) is 10.8 Å². The Balaban J connectivity index is 0.887. The molecule has 330 valence electrons. The van der Waals surface area contributed by atoms with Crippen molar-refractivity contribution in [1.29, 1.82) is 0 Å². The van der Waals surface area contributed by atoms with E-state index in [1.54, 1.807) is 6.07 Å². The lowest BCUT2D eigenvalue weighted by molar-refractivity contribution is -0.164. The number of carbonyl (C=O) groups is 4. The quantitative estimate of drug-likeness (QED) is 0.138. The Morgan fingerprint density at radius 1 is 0.968 bits per heavy atom. The van der Waals surface area contributed by atoms with E-state index < -0.39 is 29.6 Å². The number of terminal acetylenes is 1. The molecule has 4 fully saturated rings. The highest BCUT2D eigenvalue weighted by molar-refractivity contribution is 6.04. The van der Waals surface area contributed by atoms with Gasteiger partial charge in [-0.05, 0) is 93.8 Å². The second-order valence-electron chi connectivity index (χ2n) is 18.9. The van der Waals surface area contributed by atoms with Crippen LogP contribution in [0.2, 0.25) is 0 Å². The largest absolute Gasteiger partial charge is 0.490 e. The summed E-state index contributed by atoms with van der Waals surface area (Å²) in [7, 11) is 0. The van der Waals surface area contributed by atoms with Gasteiger partial charge in [-0.1, -0.05) is 33.6 Å². The minimum Gasteiger partial charge on any atom is -0.490 e. The molecule has 62 heavy (non-hydrogen) atoms. The molecular formula is C49H60FN5O7. The highest BCUT2D eigenvalue weighted by Crippen LogP contribution is 2.55. The molecule has 3 N–H and O–H groups in total. The molecule has 2 atom stereocenters. The van der Waals surface area contributed by atoms with E-state index in [1.165, 1.54) is 12.1 Å². The van der Waals surface area contributed by atoms with Crippen LogP contribution in [-0.2, 0) is 14.3 Å². The minimum atomic E-state index is -0.894. The van der Waals surface area contributed by atoms with Crippen LogP contribution in [0.15, 0.2) is 54.6 Å². The Hall–Kier alpha value is -5.45. The number of morpholine rings is 1. The Bertz CT molecular complexity index is 2210. The molecule has 3 aromatic carbocycles. The van der Waals surface area contributed by atoms with E-state index in [9.17, 15) is 19.2 Å². The third-order valence-corrected chi connectivity index (χ3v) is 13.3. The van der Waals surface area contributed by atoms with Gasteiger partial charge in [0.25, 0.3) is 11.8 Å². The number of hydrogen-bond acceptors (Lipinski definition) is 9. The van der Waals surface area contributed by atoms with Crippen LogP contribution in [0, 0.1) is 42.8 Å². The van der Waals surface area contributed by atoms with E-state index in [1.807, 2.05) is 50.2 Å². The maximum atomic E-state index is 15.0. The molecule has 2 saturated heterocycles. The van der Waals surface area contributed by atoms with Gasteiger partial charge in [0.05, 0.1) is 18.3 Å². The van der Waals surface area contributed by atoms with Crippen LogP contribution in [0.25, 0.3) is 0 Å². The summed E-state index contributed by atoms with van der Waals surface area (Å²) in [5.41, 5.74) is 3.71. The second-order valence-corrected chi connectivity index (χ2v) is 18.9. The van der Waals surface area contributed by atoms with Gasteiger partial charge >= 0.3 is 0 Å². The third kappa shape index (κ3) is 9.18. The van der Waals surface area contributed by atoms with Crippen LogP contribution < -0.4 is 30.3 Å². The van der Waals surface area contributed by atoms with Gasteiger partial charge in [0, 0.05) is 90.7 Å². The summed E-state index contributed by atoms with van der Waals surface area (Å²) in [5.74, 6) is 1.30. The van der Waals surface area contributed by atoms with Crippen molar-refractivity contribution in [2.45, 2.75) is 124 Å². The van der Waals surface area contributed by atoms with Gasteiger partial charge in [0.1, 0.15) is 35.6 Å². The molecule has 13 heteroatoms. The molecule has 2 saturated carbocycles. The van der Waals surface area contributed by atoms with Crippen LogP contribution in [-0.4, -0.2) is 97.2 Å². The fraction of sp³-hybridized carbons (Fsp3) is 0.510. The molecule has 4 amide bonds. The maximum absolute atomic E-state index is 15.0. The molecule has 2 heterocycles. The molecule has 0 aromatic heterocycles. The van der Waals surface area contributed by atoms with Gasteiger partial charge in [-0.2, -0.15) is 0 Å². The van der Waals surface area contributed by atoms with Crippen molar-refractivity contribution in [1.82, 2.24) is 20.9 Å². The number of carbonyl (C=O) groups excluding carboxylic acids is 4. The topological polar surface area (TPSA) is 139 Å². The fourth-order valence-electron chi connectivity index (χ4n) is 10.2. The van der Waals surface area contributed by atoms with Gasteiger partial charge in [-0.3, -0.25) is 29.4 Å². The van der Waals surface area contributed by atoms with E-state index >= 15 is 4.39 Å². The highest BCUT2D eigenvalue weighted by Gasteiger charge is 2.64. The van der Waals surface area contributed by atoms with Crippen molar-refractivity contribution >= 4 is 29.3 Å². The Kier molecular flexibility index (Phi) is 12.8. The van der Waals surface area contributed by atoms with Crippen LogP contribution in [0.1, 0.15) is 105 Å². The normalized spacial score (nSPS) is 25.2. The van der Waals surface area contributed by atoms with Crippen LogP contribution in [0.5, 0.6) is 11.5 Å². The number of benzene rings is 3. The number of imide groups is 1. The molecule has 12 nitrogen and oxygen atoms in total. The zero-order valence-electron chi connectivity index (χ0n) is 37.1. The molecule has 7 rings (SSSR count). The van der Waals surface area contributed by atoms with Crippen LogP contribution >= 0.6 is 0 Å². The molecule has 0 unspecified atom stereocenters. The number of nitrogens with zero attached hydrogens (tertiary/aromatic N) is 2. The predicted octanol–water partition coefficient (Wildman–Crippen LogP) is 6.10. The summed E-state index contributed by atoms with van der Waals surface area (Å²) in [6, 6.07) is 15.4. The number of nitrogens with one attached hydrogen (secondary N) is 3. The Morgan fingerprint density at radius 2 is 1.65 bits per heavy atom. The second kappa shape index (κ2) is 17.7. The highest BCUT2D eigenvalue weighted by atomic mass is 19.1. The maximum Gasteiger partial charge on any atom is 0.254 e. The first kappa shape index (κ1) is 44.6. The molecule has 0 bridgehead atoms. The summed E-state index contributed by atoms with van der Waals surface area (Å²) in [6.07, 6.45) is 7.26. The van der Waals surface area contributed by atoms with Gasteiger partial charge in [-0.25, -0.2) is 4.39 Å². The first-order valence-corrected chi connectivity index (χ1v) is 21.7. The first-order valence-electron chi connectivity index (χ1n) is 21.7. The molecule has 2 aliphatic heterocycles. The summed E-state index contributed by atoms with van der Waals surface area (Å²) < 4.78 is 34.0. The number of rotatable bonds is 13. The SMILES string of the molecule is C#Cc1c(C)cc(OC2C(C)(C)C(NC(=O)c3ccc(N4CCO[C@H](CN(C(C)C)C5CC(Oc6ccc(C(=O)N[C@H]7CCC(=O)NC7=O)c(F)c6)C5)C4)cc3)C2(C)C)cc1C. The molecule has 2 aliphatic carbocycles. The Morgan fingerprint density at radius 3 is 2.26 bits per heavy atom. The van der Waals surface area contributed by atoms with Gasteiger partial charge in [0.2, 0.25) is 11.8 Å². The fourth-order valence-corrected chi connectivity index (χ4v) is 10.2. The number of piperidine rings is 1. The minimum absolute atomic E-state index is 0.0246. The zero-order chi connectivity index (χ0) is 44.7. The number of hydrogen-bond donors (Lipinski definition) is 3. The molecule has 0 radical (unpaired) electrons. The monoisotopic (exact) mass is 849 g/mol. The third-order valence-electron chi connectivity index (χ3n) is 13.3. The van der Waals surface area contributed by atoms with E-state index in [0.717, 1.165) is 54.1 Å². The zero-order valence-corrected chi connectivity index (χ0v) is 37.1. The number of ether oxygens (including phenoxy) is 3. The molecule has 4 aliphatic rings. The van der Waals surface area contributed by atoms with Crippen LogP contribution in [0.4, 0.5) is 10.1 Å². The average Bonchev–Trinajstić information content (AvgIpc) is 3.20. The summed E-state index contributed by atoms with van der Waals surface area (Å²) >= 11 is 0. The van der Waals surface area contributed by atoms with E-state index in [-0.39, 0.29) is 71.6 Å². The standard InChI is InChI=1S/C49H60FN5O7/c1-10-38-29(4)21-35(22-30(38)5)62-47-48(6,7)46(49(47,8)9)53-43(57)31-11-13-32(14-12-31)54-19-20-60-37(26-54)27-55(28(2)3)33-23-36(24-33)61-34-15-16-39(40(50)25-34)44(58)51-41-17-18-42(56)52-45(41)59/h1,11-16,21-22,25,28,33,36-37,41,46-47H,17-20,23-24,26-27H2,2-9H3,(H,51,58)(H,53,57)(H,52,56,59)/t33?,36?,37-,41-,46?,47?/m0/s1. The van der Waals surface area contributed by atoms with E-state index in [0.29, 0.717) is 24.5 Å².